The van der Waals surface area contributed by atoms with Crippen LogP contribution in [0, 0.1) is 0 Å². The molecule has 2 aromatic heterocycles. The Balaban J connectivity index is 1.95. The van der Waals surface area contributed by atoms with Gasteiger partial charge in [0.05, 0.1) is 6.33 Å². The molecule has 0 spiro atoms. The molecule has 0 saturated heterocycles. The van der Waals surface area contributed by atoms with E-state index in [0.29, 0.717) is 6.54 Å². The number of rotatable bonds is 5. The molecule has 2 rings (SSSR count). The normalized spacial score (nSPS) is 10.7. The van der Waals surface area contributed by atoms with Crippen LogP contribution in [0.5, 0.6) is 0 Å². The van der Waals surface area contributed by atoms with Crippen LogP contribution in [0.3, 0.4) is 0 Å². The molecule has 0 atom stereocenters. The molecule has 0 bridgehead atoms. The minimum atomic E-state index is 0.659. The van der Waals surface area contributed by atoms with E-state index in [0.717, 1.165) is 25.2 Å². The quantitative estimate of drug-likeness (QED) is 0.739. The predicted octanol–water partition coefficient (Wildman–Crippen LogP) is 0.350. The number of nitrogens with one attached hydrogen (secondary N) is 1. The van der Waals surface area contributed by atoms with Crippen LogP contribution in [0.15, 0.2) is 24.9 Å². The summed E-state index contributed by atoms with van der Waals surface area (Å²) in [4.78, 5) is 11.4. The summed E-state index contributed by atoms with van der Waals surface area (Å²) >= 11 is 0. The number of nitrogens with two attached hydrogens (primary N) is 1. The second-order valence-corrected chi connectivity index (χ2v) is 3.40. The van der Waals surface area contributed by atoms with E-state index in [1.165, 1.54) is 5.69 Å². The fourth-order valence-electron chi connectivity index (χ4n) is 1.57. The summed E-state index contributed by atoms with van der Waals surface area (Å²) in [6.45, 7) is 1.55. The van der Waals surface area contributed by atoms with E-state index in [1.54, 1.807) is 6.20 Å². The highest BCUT2D eigenvalue weighted by atomic mass is 15.0. The molecule has 80 valence electrons. The van der Waals surface area contributed by atoms with E-state index in [9.17, 15) is 0 Å². The number of hydrogen-bond donors (Lipinski definition) is 2. The molecule has 0 radical (unpaired) electrons. The maximum atomic E-state index is 5.52. The maximum Gasteiger partial charge on any atom is 0.107 e. The van der Waals surface area contributed by atoms with Gasteiger partial charge in [-0.3, -0.25) is 0 Å². The van der Waals surface area contributed by atoms with Crippen molar-refractivity contribution in [1.82, 2.24) is 19.5 Å². The standard InChI is InChI=1S/C10H15N5/c11-3-1-9-7-12-8-15(9)6-2-10-13-4-5-14-10/h4-5,7-8H,1-3,6,11H2,(H,13,14). The Labute approximate surface area is 88.4 Å². The second kappa shape index (κ2) is 4.75. The van der Waals surface area contributed by atoms with E-state index in [4.69, 9.17) is 5.73 Å². The maximum absolute atomic E-state index is 5.52. The molecule has 2 heterocycles. The van der Waals surface area contributed by atoms with Crippen molar-refractivity contribution in [2.75, 3.05) is 6.54 Å². The minimum Gasteiger partial charge on any atom is -0.349 e. The van der Waals surface area contributed by atoms with E-state index >= 15 is 0 Å². The Morgan fingerprint density at radius 1 is 1.40 bits per heavy atom. The van der Waals surface area contributed by atoms with Crippen LogP contribution >= 0.6 is 0 Å². The molecule has 0 fully saturated rings. The van der Waals surface area contributed by atoms with Gasteiger partial charge in [0.25, 0.3) is 0 Å². The van der Waals surface area contributed by atoms with Gasteiger partial charge in [-0.05, 0) is 6.54 Å². The van der Waals surface area contributed by atoms with Crippen molar-refractivity contribution in [2.45, 2.75) is 19.4 Å². The Morgan fingerprint density at radius 3 is 3.07 bits per heavy atom. The minimum absolute atomic E-state index is 0.659. The lowest BCUT2D eigenvalue weighted by atomic mass is 10.3. The molecule has 15 heavy (non-hydrogen) atoms. The molecule has 0 amide bonds. The van der Waals surface area contributed by atoms with Gasteiger partial charge in [-0.15, -0.1) is 0 Å². The molecule has 0 saturated carbocycles. The molecule has 5 nitrogen and oxygen atoms in total. The Morgan fingerprint density at radius 2 is 2.33 bits per heavy atom. The second-order valence-electron chi connectivity index (χ2n) is 3.40. The van der Waals surface area contributed by atoms with Crippen molar-refractivity contribution in [2.24, 2.45) is 5.73 Å². The topological polar surface area (TPSA) is 72.5 Å². The van der Waals surface area contributed by atoms with Gasteiger partial charge in [0, 0.05) is 43.7 Å². The van der Waals surface area contributed by atoms with Gasteiger partial charge >= 0.3 is 0 Å². The number of hydrogen-bond acceptors (Lipinski definition) is 3. The number of aryl methyl sites for hydroxylation is 2. The summed E-state index contributed by atoms with van der Waals surface area (Å²) in [5, 5.41) is 0. The fourth-order valence-corrected chi connectivity index (χ4v) is 1.57. The van der Waals surface area contributed by atoms with E-state index < -0.39 is 0 Å². The first-order valence-corrected chi connectivity index (χ1v) is 5.07. The van der Waals surface area contributed by atoms with Crippen LogP contribution in [0.25, 0.3) is 0 Å². The molecule has 0 aliphatic carbocycles. The molecule has 0 aliphatic rings. The van der Waals surface area contributed by atoms with Crippen LogP contribution in [0.2, 0.25) is 0 Å². The number of aromatic amines is 1. The first-order valence-electron chi connectivity index (χ1n) is 5.07. The summed E-state index contributed by atoms with van der Waals surface area (Å²) in [5.74, 6) is 1.00. The van der Waals surface area contributed by atoms with Gasteiger partial charge in [0.1, 0.15) is 5.82 Å². The monoisotopic (exact) mass is 205 g/mol. The molecule has 3 N–H and O–H groups in total. The highest BCUT2D eigenvalue weighted by Gasteiger charge is 2.01. The number of nitrogens with zero attached hydrogens (tertiary/aromatic N) is 3. The Bertz CT molecular complexity index is 390. The molecule has 5 heteroatoms. The highest BCUT2D eigenvalue weighted by molar-refractivity contribution is 4.99. The van der Waals surface area contributed by atoms with Gasteiger partial charge < -0.3 is 15.3 Å². The van der Waals surface area contributed by atoms with Gasteiger partial charge in [-0.1, -0.05) is 0 Å². The molecular formula is C10H15N5. The fraction of sp³-hybridized carbons (Fsp3) is 0.400. The first kappa shape index (κ1) is 9.92. The smallest absolute Gasteiger partial charge is 0.107 e. The zero-order valence-electron chi connectivity index (χ0n) is 8.56. The number of imidazole rings is 2. The highest BCUT2D eigenvalue weighted by Crippen LogP contribution is 2.02. The largest absolute Gasteiger partial charge is 0.349 e. The lowest BCUT2D eigenvalue weighted by molar-refractivity contribution is 0.643. The van der Waals surface area contributed by atoms with E-state index in [2.05, 4.69) is 19.5 Å². The average molecular weight is 205 g/mol. The van der Waals surface area contributed by atoms with Gasteiger partial charge in [-0.2, -0.15) is 0 Å². The van der Waals surface area contributed by atoms with Gasteiger partial charge in [0.15, 0.2) is 0 Å². The zero-order chi connectivity index (χ0) is 10.5. The number of aromatic nitrogens is 4. The van der Waals surface area contributed by atoms with Crippen molar-refractivity contribution < 1.29 is 0 Å². The van der Waals surface area contributed by atoms with Crippen molar-refractivity contribution in [3.05, 3.63) is 36.4 Å². The third-order valence-corrected chi connectivity index (χ3v) is 2.34. The van der Waals surface area contributed by atoms with Gasteiger partial charge in [0.2, 0.25) is 0 Å². The Kier molecular flexibility index (Phi) is 3.14. The van der Waals surface area contributed by atoms with Crippen molar-refractivity contribution in [3.8, 4) is 0 Å². The van der Waals surface area contributed by atoms with Crippen molar-refractivity contribution in [1.29, 1.82) is 0 Å². The molecule has 2 aromatic rings. The Hall–Kier alpha value is -1.62. The summed E-state index contributed by atoms with van der Waals surface area (Å²) in [7, 11) is 0. The first-order chi connectivity index (χ1) is 7.40. The average Bonchev–Trinajstić information content (AvgIpc) is 2.85. The molecular weight excluding hydrogens is 190 g/mol. The summed E-state index contributed by atoms with van der Waals surface area (Å²) < 4.78 is 2.12. The van der Waals surface area contributed by atoms with Gasteiger partial charge in [-0.25, -0.2) is 9.97 Å². The van der Waals surface area contributed by atoms with Crippen molar-refractivity contribution in [3.63, 3.8) is 0 Å². The molecule has 0 aliphatic heterocycles. The summed E-state index contributed by atoms with van der Waals surface area (Å²) in [6.07, 6.45) is 9.08. The third-order valence-electron chi connectivity index (χ3n) is 2.34. The summed E-state index contributed by atoms with van der Waals surface area (Å²) in [5.41, 5.74) is 6.70. The number of H-pyrrole nitrogens is 1. The predicted molar refractivity (Wildman–Crippen MR) is 57.3 cm³/mol. The zero-order valence-corrected chi connectivity index (χ0v) is 8.56. The van der Waals surface area contributed by atoms with Crippen LogP contribution in [0.1, 0.15) is 11.5 Å². The lowest BCUT2D eigenvalue weighted by Crippen LogP contribution is -2.10. The van der Waals surface area contributed by atoms with Crippen LogP contribution in [-0.4, -0.2) is 26.1 Å². The summed E-state index contributed by atoms with van der Waals surface area (Å²) in [6, 6.07) is 0. The van der Waals surface area contributed by atoms with Crippen LogP contribution in [0.4, 0.5) is 0 Å². The van der Waals surface area contributed by atoms with E-state index in [1.807, 2.05) is 18.7 Å². The SMILES string of the molecule is NCCc1cncn1CCc1ncc[nH]1. The van der Waals surface area contributed by atoms with Crippen LogP contribution in [-0.2, 0) is 19.4 Å². The van der Waals surface area contributed by atoms with Crippen LogP contribution < -0.4 is 5.73 Å². The third kappa shape index (κ3) is 2.44. The lowest BCUT2D eigenvalue weighted by Gasteiger charge is -2.05. The molecule has 0 unspecified atom stereocenters. The molecule has 0 aromatic carbocycles. The van der Waals surface area contributed by atoms with Crippen molar-refractivity contribution >= 4 is 0 Å². The van der Waals surface area contributed by atoms with E-state index in [-0.39, 0.29) is 0 Å².